The van der Waals surface area contributed by atoms with Crippen LogP contribution in [-0.4, -0.2) is 39.2 Å². The maximum absolute atomic E-state index is 13.0. The Morgan fingerprint density at radius 2 is 1.96 bits per heavy atom. The fraction of sp³-hybridized carbons (Fsp3) is 0.300. The molecule has 0 atom stereocenters. The number of halogens is 1. The van der Waals surface area contributed by atoms with Crippen molar-refractivity contribution in [2.75, 3.05) is 13.1 Å². The minimum atomic E-state index is -0.382. The van der Waals surface area contributed by atoms with Crippen molar-refractivity contribution in [3.63, 3.8) is 0 Å². The molecule has 0 radical (unpaired) electrons. The summed E-state index contributed by atoms with van der Waals surface area (Å²) in [5.41, 5.74) is 1.37. The van der Waals surface area contributed by atoms with Gasteiger partial charge >= 0.3 is 6.09 Å². The quantitative estimate of drug-likeness (QED) is 0.682. The second-order valence-corrected chi connectivity index (χ2v) is 6.68. The number of carbonyl (C=O) groups excluding carboxylic acids is 1. The number of piperidine rings is 1. The number of carbonyl (C=O) groups is 1. The number of pyridine rings is 1. The van der Waals surface area contributed by atoms with Crippen LogP contribution in [-0.2, 0) is 0 Å². The van der Waals surface area contributed by atoms with Gasteiger partial charge in [-0.25, -0.2) is 9.18 Å². The molecule has 0 saturated carbocycles. The Bertz CT molecular complexity index is 966. The number of amides is 1. The molecule has 1 aromatic carbocycles. The van der Waals surface area contributed by atoms with E-state index in [0.717, 1.165) is 0 Å². The lowest BCUT2D eigenvalue weighted by Gasteiger charge is -2.29. The van der Waals surface area contributed by atoms with Crippen molar-refractivity contribution < 1.29 is 18.4 Å². The summed E-state index contributed by atoms with van der Waals surface area (Å²) in [6.07, 6.45) is 2.67. The molecule has 28 heavy (non-hydrogen) atoms. The third kappa shape index (κ3) is 3.85. The maximum Gasteiger partial charge on any atom is 0.415 e. The van der Waals surface area contributed by atoms with E-state index in [2.05, 4.69) is 15.1 Å². The fourth-order valence-electron chi connectivity index (χ4n) is 3.16. The van der Waals surface area contributed by atoms with Gasteiger partial charge in [-0.3, -0.25) is 4.98 Å². The molecule has 0 spiro atoms. The number of ether oxygens (including phenoxy) is 1. The lowest BCUT2D eigenvalue weighted by Crippen LogP contribution is -2.39. The van der Waals surface area contributed by atoms with Crippen molar-refractivity contribution in [3.05, 3.63) is 60.0 Å². The molecule has 2 aromatic heterocycles. The molecule has 8 heteroatoms. The molecule has 144 valence electrons. The van der Waals surface area contributed by atoms with E-state index >= 15 is 0 Å². The van der Waals surface area contributed by atoms with Crippen LogP contribution >= 0.6 is 0 Å². The average molecular weight is 382 g/mol. The van der Waals surface area contributed by atoms with Gasteiger partial charge in [0, 0.05) is 30.8 Å². The molecular formula is C20H19FN4O3. The number of rotatable bonds is 3. The van der Waals surface area contributed by atoms with E-state index in [0.29, 0.717) is 54.7 Å². The van der Waals surface area contributed by atoms with Gasteiger partial charge in [0.2, 0.25) is 11.7 Å². The van der Waals surface area contributed by atoms with Gasteiger partial charge in [-0.15, -0.1) is 0 Å². The summed E-state index contributed by atoms with van der Waals surface area (Å²) >= 11 is 0. The first-order valence-electron chi connectivity index (χ1n) is 9.08. The molecule has 3 heterocycles. The molecule has 4 rings (SSSR count). The van der Waals surface area contributed by atoms with Gasteiger partial charge in [-0.05, 0) is 56.2 Å². The van der Waals surface area contributed by atoms with Crippen LogP contribution in [0.25, 0.3) is 11.4 Å². The van der Waals surface area contributed by atoms with Crippen LogP contribution < -0.4 is 4.74 Å². The molecule has 1 amide bonds. The normalized spacial score (nSPS) is 14.9. The lowest BCUT2D eigenvalue weighted by molar-refractivity contribution is 0.134. The predicted octanol–water partition coefficient (Wildman–Crippen LogP) is 3.96. The lowest BCUT2D eigenvalue weighted by atomic mass is 9.97. The second kappa shape index (κ2) is 7.75. The molecule has 0 bridgehead atoms. The third-order valence-corrected chi connectivity index (χ3v) is 4.80. The van der Waals surface area contributed by atoms with Crippen LogP contribution in [0.2, 0.25) is 0 Å². The highest BCUT2D eigenvalue weighted by Gasteiger charge is 2.28. The number of likely N-dealkylation sites (tertiary alicyclic amines) is 1. The summed E-state index contributed by atoms with van der Waals surface area (Å²) in [6, 6.07) is 9.41. The van der Waals surface area contributed by atoms with Gasteiger partial charge in [0.1, 0.15) is 5.82 Å². The highest BCUT2D eigenvalue weighted by Crippen LogP contribution is 2.29. The average Bonchev–Trinajstić information content (AvgIpc) is 3.20. The molecule has 0 aliphatic carbocycles. The SMILES string of the molecule is Cc1ncccc1OC(=O)N1CCC(c2nc(-c3ccc(F)cc3)no2)CC1. The zero-order valence-corrected chi connectivity index (χ0v) is 15.3. The van der Waals surface area contributed by atoms with E-state index in [-0.39, 0.29) is 17.8 Å². The number of benzene rings is 1. The van der Waals surface area contributed by atoms with Crippen LogP contribution in [0.4, 0.5) is 9.18 Å². The highest BCUT2D eigenvalue weighted by atomic mass is 19.1. The van der Waals surface area contributed by atoms with Crippen molar-refractivity contribution in [2.24, 2.45) is 0 Å². The highest BCUT2D eigenvalue weighted by molar-refractivity contribution is 5.71. The number of nitrogens with zero attached hydrogens (tertiary/aromatic N) is 4. The van der Waals surface area contributed by atoms with Crippen LogP contribution in [0.1, 0.15) is 30.3 Å². The first-order valence-corrected chi connectivity index (χ1v) is 9.08. The summed E-state index contributed by atoms with van der Waals surface area (Å²) in [6.45, 7) is 2.87. The summed E-state index contributed by atoms with van der Waals surface area (Å²) in [7, 11) is 0. The van der Waals surface area contributed by atoms with Crippen molar-refractivity contribution in [1.82, 2.24) is 20.0 Å². The van der Waals surface area contributed by atoms with E-state index in [1.54, 1.807) is 42.3 Å². The largest absolute Gasteiger partial charge is 0.415 e. The van der Waals surface area contributed by atoms with Crippen LogP contribution in [0.15, 0.2) is 47.1 Å². The van der Waals surface area contributed by atoms with Crippen LogP contribution in [0.3, 0.4) is 0 Å². The fourth-order valence-corrected chi connectivity index (χ4v) is 3.16. The van der Waals surface area contributed by atoms with Crippen LogP contribution in [0.5, 0.6) is 5.75 Å². The third-order valence-electron chi connectivity index (χ3n) is 4.80. The number of hydrogen-bond acceptors (Lipinski definition) is 6. The van der Waals surface area contributed by atoms with E-state index in [1.165, 1.54) is 12.1 Å². The van der Waals surface area contributed by atoms with E-state index in [4.69, 9.17) is 9.26 Å². The summed E-state index contributed by atoms with van der Waals surface area (Å²) in [4.78, 5) is 22.6. The Morgan fingerprint density at radius 1 is 1.21 bits per heavy atom. The molecule has 0 unspecified atom stereocenters. The predicted molar refractivity (Wildman–Crippen MR) is 98.2 cm³/mol. The molecular weight excluding hydrogens is 363 g/mol. The van der Waals surface area contributed by atoms with Crippen molar-refractivity contribution in [1.29, 1.82) is 0 Å². The van der Waals surface area contributed by atoms with E-state index < -0.39 is 0 Å². The van der Waals surface area contributed by atoms with Crippen molar-refractivity contribution in [2.45, 2.75) is 25.7 Å². The molecule has 1 aliphatic rings. The molecule has 7 nitrogen and oxygen atoms in total. The monoisotopic (exact) mass is 382 g/mol. The summed E-state index contributed by atoms with van der Waals surface area (Å²) in [5.74, 6) is 1.20. The molecule has 1 saturated heterocycles. The standard InChI is InChI=1S/C20H19FN4O3/c1-13-17(3-2-10-22-13)27-20(26)25-11-8-15(9-12-25)19-23-18(24-28-19)14-4-6-16(21)7-5-14/h2-7,10,15H,8-9,11-12H2,1H3. The van der Waals surface area contributed by atoms with Crippen molar-refractivity contribution in [3.8, 4) is 17.1 Å². The minimum absolute atomic E-state index is 0.0749. The Balaban J connectivity index is 1.36. The van der Waals surface area contributed by atoms with Crippen molar-refractivity contribution >= 4 is 6.09 Å². The Morgan fingerprint density at radius 3 is 2.68 bits per heavy atom. The van der Waals surface area contributed by atoms with Gasteiger partial charge in [-0.2, -0.15) is 4.98 Å². The molecule has 1 fully saturated rings. The topological polar surface area (TPSA) is 81.4 Å². The maximum atomic E-state index is 13.0. The van der Waals surface area contributed by atoms with Gasteiger partial charge in [0.25, 0.3) is 0 Å². The number of aryl methyl sites for hydroxylation is 1. The first-order chi connectivity index (χ1) is 13.6. The Hall–Kier alpha value is -3.29. The molecule has 0 N–H and O–H groups in total. The second-order valence-electron chi connectivity index (χ2n) is 6.68. The Kier molecular flexibility index (Phi) is 5.01. The zero-order chi connectivity index (χ0) is 19.5. The van der Waals surface area contributed by atoms with Gasteiger partial charge in [0.15, 0.2) is 5.75 Å². The zero-order valence-electron chi connectivity index (χ0n) is 15.3. The van der Waals surface area contributed by atoms with Gasteiger partial charge in [0.05, 0.1) is 5.69 Å². The number of aromatic nitrogens is 3. The van der Waals surface area contributed by atoms with E-state index in [9.17, 15) is 9.18 Å². The smallest absolute Gasteiger partial charge is 0.408 e. The molecule has 3 aromatic rings. The van der Waals surface area contributed by atoms with E-state index in [1.807, 2.05) is 0 Å². The Labute approximate surface area is 161 Å². The number of hydrogen-bond donors (Lipinski definition) is 0. The molecule has 1 aliphatic heterocycles. The van der Waals surface area contributed by atoms with Crippen LogP contribution in [0, 0.1) is 12.7 Å². The van der Waals surface area contributed by atoms with Gasteiger partial charge < -0.3 is 14.2 Å². The summed E-state index contributed by atoms with van der Waals surface area (Å²) < 4.78 is 23.9. The van der Waals surface area contributed by atoms with Gasteiger partial charge in [-0.1, -0.05) is 5.16 Å². The minimum Gasteiger partial charge on any atom is -0.408 e. The first kappa shape index (κ1) is 18.1. The summed E-state index contributed by atoms with van der Waals surface area (Å²) in [5, 5.41) is 3.99.